The first-order valence-electron chi connectivity index (χ1n) is 14.6. The summed E-state index contributed by atoms with van der Waals surface area (Å²) in [6.45, 7) is 2.12. The number of nitrogen functional groups attached to an aromatic ring is 1. The van der Waals surface area contributed by atoms with Crippen molar-refractivity contribution >= 4 is 44.7 Å². The molecule has 6 rings (SSSR count). The maximum Gasteiger partial charge on any atom is 0.261 e. The van der Waals surface area contributed by atoms with Crippen LogP contribution in [-0.4, -0.2) is 43.3 Å². The molecule has 2 aliphatic carbocycles. The van der Waals surface area contributed by atoms with E-state index in [4.69, 9.17) is 21.9 Å². The SMILES string of the molecule is CNCC(=O)N[C@@H]1CC[C@H](NC(=O)c2sc3c(N)ccc4c3c2C(N)C(=O)C4(N)c2ccc(Oc3ccccc3)cc2C)C1. The maximum atomic E-state index is 14.2. The monoisotopic (exact) mass is 612 g/mol. The van der Waals surface area contributed by atoms with Crippen LogP contribution in [0.5, 0.6) is 11.5 Å². The smallest absolute Gasteiger partial charge is 0.261 e. The van der Waals surface area contributed by atoms with E-state index in [0.29, 0.717) is 55.3 Å². The average molecular weight is 613 g/mol. The van der Waals surface area contributed by atoms with Crippen LogP contribution in [0.15, 0.2) is 60.7 Å². The highest BCUT2D eigenvalue weighted by Gasteiger charge is 2.49. The summed E-state index contributed by atoms with van der Waals surface area (Å²) >= 11 is 1.23. The Bertz CT molecular complexity index is 1770. The van der Waals surface area contributed by atoms with Crippen LogP contribution in [-0.2, 0) is 15.1 Å². The summed E-state index contributed by atoms with van der Waals surface area (Å²) in [6.07, 6.45) is 2.11. The van der Waals surface area contributed by atoms with Gasteiger partial charge in [0, 0.05) is 28.7 Å². The van der Waals surface area contributed by atoms with Crippen molar-refractivity contribution in [2.75, 3.05) is 19.3 Å². The summed E-state index contributed by atoms with van der Waals surface area (Å²) in [6, 6.07) is 17.1. The average Bonchev–Trinajstić information content (AvgIpc) is 3.61. The zero-order valence-electron chi connectivity index (χ0n) is 24.6. The van der Waals surface area contributed by atoms with E-state index in [1.807, 2.05) is 43.3 Å². The predicted octanol–water partition coefficient (Wildman–Crippen LogP) is 3.36. The molecule has 2 unspecified atom stereocenters. The third-order valence-electron chi connectivity index (χ3n) is 8.59. The number of rotatable bonds is 8. The molecule has 0 saturated heterocycles. The number of hydrogen-bond acceptors (Lipinski definition) is 9. The number of ether oxygens (including phenoxy) is 1. The molecule has 1 fully saturated rings. The van der Waals surface area contributed by atoms with E-state index < -0.39 is 17.4 Å². The van der Waals surface area contributed by atoms with Gasteiger partial charge < -0.3 is 37.9 Å². The summed E-state index contributed by atoms with van der Waals surface area (Å²) in [5.74, 6) is 0.506. The molecule has 1 heterocycles. The van der Waals surface area contributed by atoms with Gasteiger partial charge in [0.15, 0.2) is 5.78 Å². The molecule has 228 valence electrons. The highest BCUT2D eigenvalue weighted by molar-refractivity contribution is 7.21. The Morgan fingerprint density at radius 1 is 1.00 bits per heavy atom. The number of likely N-dealkylation sites (N-methyl/N-ethyl adjacent to an activating group) is 1. The van der Waals surface area contributed by atoms with Gasteiger partial charge in [0.25, 0.3) is 5.91 Å². The molecule has 10 nitrogen and oxygen atoms in total. The van der Waals surface area contributed by atoms with Crippen LogP contribution in [0, 0.1) is 6.92 Å². The number of amides is 2. The van der Waals surface area contributed by atoms with E-state index in [-0.39, 0.29) is 30.4 Å². The minimum absolute atomic E-state index is 0.0152. The first kappa shape index (κ1) is 29.8. The molecule has 3 aromatic carbocycles. The Morgan fingerprint density at radius 3 is 2.41 bits per heavy atom. The van der Waals surface area contributed by atoms with E-state index in [1.165, 1.54) is 11.3 Å². The number of Topliss-reactive ketones (excluding diaryl/α,β-unsaturated/α-hetero) is 1. The van der Waals surface area contributed by atoms with Gasteiger partial charge in [-0.2, -0.15) is 0 Å². The first-order chi connectivity index (χ1) is 21.1. The number of benzene rings is 3. The highest BCUT2D eigenvalue weighted by Crippen LogP contribution is 2.50. The summed E-state index contributed by atoms with van der Waals surface area (Å²) in [4.78, 5) is 40.3. The zero-order chi connectivity index (χ0) is 31.2. The Morgan fingerprint density at radius 2 is 1.70 bits per heavy atom. The lowest BCUT2D eigenvalue weighted by Crippen LogP contribution is -2.53. The number of nitrogens with one attached hydrogen (secondary N) is 3. The van der Waals surface area contributed by atoms with Crippen molar-refractivity contribution in [2.24, 2.45) is 11.5 Å². The molecule has 44 heavy (non-hydrogen) atoms. The molecule has 2 aliphatic rings. The van der Waals surface area contributed by atoms with Gasteiger partial charge in [0.1, 0.15) is 17.0 Å². The Balaban J connectivity index is 1.33. The van der Waals surface area contributed by atoms with Crippen LogP contribution in [0.4, 0.5) is 5.69 Å². The molecule has 2 amide bonds. The summed E-state index contributed by atoms with van der Waals surface area (Å²) < 4.78 is 6.67. The fraction of sp³-hybridized carbons (Fsp3) is 0.303. The van der Waals surface area contributed by atoms with E-state index in [9.17, 15) is 14.4 Å². The summed E-state index contributed by atoms with van der Waals surface area (Å²) in [5.41, 5.74) is 21.5. The normalized spacial score (nSPS) is 22.6. The standard InChI is InChI=1S/C33H36N6O4S/c1-17-14-21(43-20-6-4-3-5-7-20)10-11-22(17)33(36)23-12-13-24(34)29-26(23)27(28(35)31(33)41)30(44-29)32(42)39-19-9-8-18(15-19)38-25(40)16-37-2/h3-7,10-14,18-19,28,37H,8-9,15-16,34-36H2,1-2H3,(H,38,40)(H,39,42)/t18-,19+,28?,33?/m1/s1. The Kier molecular flexibility index (Phi) is 7.89. The topological polar surface area (TPSA) is 175 Å². The number of aryl methyl sites for hydroxylation is 1. The third kappa shape index (κ3) is 5.11. The number of anilines is 1. The minimum Gasteiger partial charge on any atom is -0.457 e. The van der Waals surface area contributed by atoms with Crippen molar-refractivity contribution in [3.8, 4) is 11.5 Å². The summed E-state index contributed by atoms with van der Waals surface area (Å²) in [5, 5.41) is 9.59. The van der Waals surface area contributed by atoms with Crippen molar-refractivity contribution in [3.05, 3.63) is 87.8 Å². The fourth-order valence-corrected chi connectivity index (χ4v) is 7.73. The van der Waals surface area contributed by atoms with Gasteiger partial charge >= 0.3 is 0 Å². The number of hydrogen-bond donors (Lipinski definition) is 6. The molecule has 1 aromatic heterocycles. The van der Waals surface area contributed by atoms with Crippen molar-refractivity contribution in [1.82, 2.24) is 16.0 Å². The Labute approximate surface area is 259 Å². The lowest BCUT2D eigenvalue weighted by molar-refractivity contribution is -0.124. The number of ketones is 1. The number of carbonyl (C=O) groups is 3. The lowest BCUT2D eigenvalue weighted by atomic mass is 9.69. The van der Waals surface area contributed by atoms with Gasteiger partial charge in [-0.05, 0) is 80.3 Å². The first-order valence-corrected chi connectivity index (χ1v) is 15.5. The molecule has 4 atom stereocenters. The van der Waals surface area contributed by atoms with Crippen LogP contribution < -0.4 is 37.9 Å². The number of para-hydroxylation sites is 1. The molecule has 4 aromatic rings. The molecule has 1 saturated carbocycles. The van der Waals surface area contributed by atoms with Crippen molar-refractivity contribution in [3.63, 3.8) is 0 Å². The maximum absolute atomic E-state index is 14.2. The third-order valence-corrected chi connectivity index (χ3v) is 9.84. The summed E-state index contributed by atoms with van der Waals surface area (Å²) in [7, 11) is 1.72. The van der Waals surface area contributed by atoms with Gasteiger partial charge in [-0.1, -0.05) is 30.3 Å². The molecule has 11 heteroatoms. The number of carbonyl (C=O) groups excluding carboxylic acids is 3. The molecule has 0 aliphatic heterocycles. The van der Waals surface area contributed by atoms with E-state index in [2.05, 4.69) is 16.0 Å². The van der Waals surface area contributed by atoms with Crippen LogP contribution in [0.2, 0.25) is 0 Å². The minimum atomic E-state index is -1.56. The van der Waals surface area contributed by atoms with Crippen molar-refractivity contribution < 1.29 is 19.1 Å². The van der Waals surface area contributed by atoms with Crippen LogP contribution in [0.25, 0.3) is 10.1 Å². The van der Waals surface area contributed by atoms with Crippen LogP contribution >= 0.6 is 11.3 Å². The molecular formula is C33H36N6O4S. The quantitative estimate of drug-likeness (QED) is 0.164. The predicted molar refractivity (Wildman–Crippen MR) is 172 cm³/mol. The van der Waals surface area contributed by atoms with Gasteiger partial charge in [-0.3, -0.25) is 14.4 Å². The highest BCUT2D eigenvalue weighted by atomic mass is 32.1. The second-order valence-corrected chi connectivity index (χ2v) is 12.6. The molecule has 0 spiro atoms. The second-order valence-electron chi connectivity index (χ2n) is 11.6. The largest absolute Gasteiger partial charge is 0.457 e. The second kappa shape index (κ2) is 11.7. The Hall–Kier alpha value is -4.29. The van der Waals surface area contributed by atoms with Crippen molar-refractivity contribution in [1.29, 1.82) is 0 Å². The van der Waals surface area contributed by atoms with E-state index in [1.54, 1.807) is 31.3 Å². The van der Waals surface area contributed by atoms with Crippen molar-refractivity contribution in [2.45, 2.75) is 49.9 Å². The van der Waals surface area contributed by atoms with Crippen LogP contribution in [0.1, 0.15) is 57.2 Å². The van der Waals surface area contributed by atoms with E-state index >= 15 is 0 Å². The van der Waals surface area contributed by atoms with Crippen LogP contribution in [0.3, 0.4) is 0 Å². The molecule has 0 bridgehead atoms. The number of thiophene rings is 1. The van der Waals surface area contributed by atoms with Gasteiger partial charge in [0.05, 0.1) is 22.2 Å². The van der Waals surface area contributed by atoms with Gasteiger partial charge in [0.2, 0.25) is 5.91 Å². The molecule has 9 N–H and O–H groups in total. The number of nitrogens with two attached hydrogens (primary N) is 3. The lowest BCUT2D eigenvalue weighted by Gasteiger charge is -2.37. The molecular weight excluding hydrogens is 576 g/mol. The molecule has 0 radical (unpaired) electrons. The van der Waals surface area contributed by atoms with E-state index in [0.717, 1.165) is 18.4 Å². The van der Waals surface area contributed by atoms with Gasteiger partial charge in [-0.15, -0.1) is 11.3 Å². The van der Waals surface area contributed by atoms with Gasteiger partial charge in [-0.25, -0.2) is 0 Å². The fourth-order valence-electron chi connectivity index (χ4n) is 6.53. The zero-order valence-corrected chi connectivity index (χ0v) is 25.4.